The van der Waals surface area contributed by atoms with E-state index in [2.05, 4.69) is 38.1 Å². The summed E-state index contributed by atoms with van der Waals surface area (Å²) < 4.78 is 1.98. The molecule has 2 rings (SSSR count). The molecule has 1 heterocycles. The average Bonchev–Trinajstić information content (AvgIpc) is 2.62. The molecule has 0 saturated carbocycles. The highest BCUT2D eigenvalue weighted by atomic mass is 15.3. The number of rotatable bonds is 3. The van der Waals surface area contributed by atoms with E-state index in [4.69, 9.17) is 5.73 Å². The fourth-order valence-corrected chi connectivity index (χ4v) is 2.80. The van der Waals surface area contributed by atoms with Crippen LogP contribution in [0.1, 0.15) is 39.2 Å². The molecule has 1 aromatic rings. The fourth-order valence-electron chi connectivity index (χ4n) is 2.80. The molecule has 0 aliphatic heterocycles. The first-order chi connectivity index (χ1) is 7.98. The standard InChI is InChI=1S/C14H23N3/c1-4-17-10-12(9-16-17)5-11-6-13(15)8-14(2,3)7-11/h6,9-10,13H,4-5,7-8,15H2,1-3H3. The predicted molar refractivity (Wildman–Crippen MR) is 70.7 cm³/mol. The molecule has 17 heavy (non-hydrogen) atoms. The van der Waals surface area contributed by atoms with Crippen molar-refractivity contribution in [1.82, 2.24) is 9.78 Å². The molecule has 1 atom stereocenters. The van der Waals surface area contributed by atoms with Crippen molar-refractivity contribution in [1.29, 1.82) is 0 Å². The van der Waals surface area contributed by atoms with Gasteiger partial charge in [0.25, 0.3) is 0 Å². The lowest BCUT2D eigenvalue weighted by atomic mass is 9.74. The minimum absolute atomic E-state index is 0.218. The molecule has 2 N–H and O–H groups in total. The lowest BCUT2D eigenvalue weighted by Gasteiger charge is -2.33. The lowest BCUT2D eigenvalue weighted by Crippen LogP contribution is -2.31. The van der Waals surface area contributed by atoms with Crippen LogP contribution in [0.2, 0.25) is 0 Å². The molecule has 0 bridgehead atoms. The largest absolute Gasteiger partial charge is 0.324 e. The van der Waals surface area contributed by atoms with E-state index in [0.29, 0.717) is 5.41 Å². The smallest absolute Gasteiger partial charge is 0.0525 e. The molecule has 0 saturated heterocycles. The zero-order valence-corrected chi connectivity index (χ0v) is 11.1. The van der Waals surface area contributed by atoms with Crippen LogP contribution in [-0.4, -0.2) is 15.8 Å². The van der Waals surface area contributed by atoms with E-state index in [9.17, 15) is 0 Å². The van der Waals surface area contributed by atoms with Crippen molar-refractivity contribution in [2.24, 2.45) is 11.1 Å². The zero-order valence-electron chi connectivity index (χ0n) is 11.1. The van der Waals surface area contributed by atoms with Crippen molar-refractivity contribution in [3.05, 3.63) is 29.6 Å². The number of nitrogens with zero attached hydrogens (tertiary/aromatic N) is 2. The van der Waals surface area contributed by atoms with Gasteiger partial charge in [-0.05, 0) is 37.2 Å². The average molecular weight is 233 g/mol. The molecule has 0 aromatic carbocycles. The number of allylic oxidation sites excluding steroid dienone is 1. The molecule has 94 valence electrons. The molecule has 0 amide bonds. The van der Waals surface area contributed by atoms with Gasteiger partial charge in [-0.1, -0.05) is 25.5 Å². The number of aromatic nitrogens is 2. The van der Waals surface area contributed by atoms with Gasteiger partial charge in [0.15, 0.2) is 0 Å². The van der Waals surface area contributed by atoms with Gasteiger partial charge in [0.2, 0.25) is 0 Å². The van der Waals surface area contributed by atoms with Crippen molar-refractivity contribution in [2.75, 3.05) is 0 Å². The number of aryl methyl sites for hydroxylation is 1. The molecule has 0 radical (unpaired) electrons. The van der Waals surface area contributed by atoms with Crippen LogP contribution in [0.4, 0.5) is 0 Å². The topological polar surface area (TPSA) is 43.8 Å². The second-order valence-electron chi connectivity index (χ2n) is 5.91. The highest BCUT2D eigenvalue weighted by Crippen LogP contribution is 2.35. The van der Waals surface area contributed by atoms with Crippen LogP contribution in [0.5, 0.6) is 0 Å². The van der Waals surface area contributed by atoms with Gasteiger partial charge in [0.05, 0.1) is 6.20 Å². The maximum atomic E-state index is 6.09. The van der Waals surface area contributed by atoms with Gasteiger partial charge in [0, 0.05) is 18.8 Å². The van der Waals surface area contributed by atoms with E-state index in [1.54, 1.807) is 0 Å². The Labute approximate surface area is 104 Å². The Balaban J connectivity index is 2.08. The monoisotopic (exact) mass is 233 g/mol. The van der Waals surface area contributed by atoms with Crippen LogP contribution in [0.25, 0.3) is 0 Å². The number of hydrogen-bond donors (Lipinski definition) is 1. The molecule has 0 spiro atoms. The van der Waals surface area contributed by atoms with E-state index < -0.39 is 0 Å². The second-order valence-corrected chi connectivity index (χ2v) is 5.91. The molecule has 1 aliphatic carbocycles. The Morgan fingerprint density at radius 1 is 1.53 bits per heavy atom. The van der Waals surface area contributed by atoms with Crippen LogP contribution < -0.4 is 5.73 Å². The van der Waals surface area contributed by atoms with Crippen molar-refractivity contribution in [3.8, 4) is 0 Å². The Morgan fingerprint density at radius 3 is 2.88 bits per heavy atom. The van der Waals surface area contributed by atoms with Gasteiger partial charge in [-0.2, -0.15) is 5.10 Å². The molecule has 0 fully saturated rings. The Kier molecular flexibility index (Phi) is 3.38. The Bertz CT molecular complexity index is 415. The summed E-state index contributed by atoms with van der Waals surface area (Å²) in [7, 11) is 0. The van der Waals surface area contributed by atoms with E-state index >= 15 is 0 Å². The summed E-state index contributed by atoms with van der Waals surface area (Å²) >= 11 is 0. The summed E-state index contributed by atoms with van der Waals surface area (Å²) in [5.41, 5.74) is 9.18. The van der Waals surface area contributed by atoms with Crippen molar-refractivity contribution in [3.63, 3.8) is 0 Å². The SMILES string of the molecule is CCn1cc(CC2=CC(N)CC(C)(C)C2)cn1. The first-order valence-corrected chi connectivity index (χ1v) is 6.45. The highest BCUT2D eigenvalue weighted by molar-refractivity contribution is 5.22. The lowest BCUT2D eigenvalue weighted by molar-refractivity contribution is 0.299. The van der Waals surface area contributed by atoms with Gasteiger partial charge in [-0.3, -0.25) is 4.68 Å². The third-order valence-corrected chi connectivity index (χ3v) is 3.39. The van der Waals surface area contributed by atoms with E-state index in [0.717, 1.165) is 25.8 Å². The summed E-state index contributed by atoms with van der Waals surface area (Å²) in [6.45, 7) is 7.64. The fraction of sp³-hybridized carbons (Fsp3) is 0.643. The molecule has 3 nitrogen and oxygen atoms in total. The molecule has 1 unspecified atom stereocenters. The van der Waals surface area contributed by atoms with E-state index in [1.807, 2.05) is 10.9 Å². The summed E-state index contributed by atoms with van der Waals surface area (Å²) in [5.74, 6) is 0. The predicted octanol–water partition coefficient (Wildman–Crippen LogP) is 2.52. The van der Waals surface area contributed by atoms with Crippen LogP contribution >= 0.6 is 0 Å². The maximum absolute atomic E-state index is 6.09. The Morgan fingerprint density at radius 2 is 2.29 bits per heavy atom. The summed E-state index contributed by atoms with van der Waals surface area (Å²) in [5, 5.41) is 4.31. The first-order valence-electron chi connectivity index (χ1n) is 6.45. The zero-order chi connectivity index (χ0) is 12.5. The van der Waals surface area contributed by atoms with Gasteiger partial charge in [0.1, 0.15) is 0 Å². The molecule has 1 aromatic heterocycles. The number of hydrogen-bond acceptors (Lipinski definition) is 2. The first kappa shape index (κ1) is 12.4. The van der Waals surface area contributed by atoms with Gasteiger partial charge >= 0.3 is 0 Å². The number of nitrogens with two attached hydrogens (primary N) is 1. The summed E-state index contributed by atoms with van der Waals surface area (Å²) in [6, 6.07) is 0.218. The molecular weight excluding hydrogens is 210 g/mol. The Hall–Kier alpha value is -1.09. The highest BCUT2D eigenvalue weighted by Gasteiger charge is 2.26. The van der Waals surface area contributed by atoms with Gasteiger partial charge in [-0.25, -0.2) is 0 Å². The van der Waals surface area contributed by atoms with Crippen molar-refractivity contribution < 1.29 is 0 Å². The quantitative estimate of drug-likeness (QED) is 0.815. The summed E-state index contributed by atoms with van der Waals surface area (Å²) in [6.07, 6.45) is 9.58. The van der Waals surface area contributed by atoms with Crippen LogP contribution in [-0.2, 0) is 13.0 Å². The van der Waals surface area contributed by atoms with Gasteiger partial charge < -0.3 is 5.73 Å². The minimum Gasteiger partial charge on any atom is -0.324 e. The maximum Gasteiger partial charge on any atom is 0.0525 e. The van der Waals surface area contributed by atoms with E-state index in [-0.39, 0.29) is 6.04 Å². The molecule has 1 aliphatic rings. The van der Waals surface area contributed by atoms with Crippen LogP contribution in [0.15, 0.2) is 24.0 Å². The van der Waals surface area contributed by atoms with Crippen LogP contribution in [0, 0.1) is 5.41 Å². The second kappa shape index (κ2) is 4.65. The van der Waals surface area contributed by atoms with Crippen LogP contribution in [0.3, 0.4) is 0 Å². The van der Waals surface area contributed by atoms with E-state index in [1.165, 1.54) is 11.1 Å². The van der Waals surface area contributed by atoms with Crippen molar-refractivity contribution in [2.45, 2.75) is 52.6 Å². The molecular formula is C14H23N3. The third-order valence-electron chi connectivity index (χ3n) is 3.39. The van der Waals surface area contributed by atoms with Gasteiger partial charge in [-0.15, -0.1) is 0 Å². The third kappa shape index (κ3) is 3.19. The normalized spacial score (nSPS) is 23.5. The molecule has 3 heteroatoms. The summed E-state index contributed by atoms with van der Waals surface area (Å²) in [4.78, 5) is 0. The van der Waals surface area contributed by atoms with Crippen molar-refractivity contribution >= 4 is 0 Å². The minimum atomic E-state index is 0.218.